The van der Waals surface area contributed by atoms with Gasteiger partial charge >= 0.3 is 5.97 Å². The van der Waals surface area contributed by atoms with Crippen LogP contribution in [0.15, 0.2) is 23.8 Å². The van der Waals surface area contributed by atoms with E-state index < -0.39 is 0 Å². The summed E-state index contributed by atoms with van der Waals surface area (Å²) < 4.78 is 6.13. The molecule has 3 rings (SSSR count). The zero-order chi connectivity index (χ0) is 22.0. The molecule has 1 heterocycles. The number of ether oxygens (including phenoxy) is 1. The first-order chi connectivity index (χ1) is 14.2. The lowest BCUT2D eigenvalue weighted by atomic mass is 9.65. The van der Waals surface area contributed by atoms with Crippen LogP contribution in [-0.2, 0) is 14.3 Å². The summed E-state index contributed by atoms with van der Waals surface area (Å²) in [6.07, 6.45) is 12.5. The number of amides is 1. The minimum absolute atomic E-state index is 0.0384. The van der Waals surface area contributed by atoms with Crippen molar-refractivity contribution in [2.45, 2.75) is 85.3 Å². The molecular formula is C26H41NO3. The Bertz CT molecular complexity index is 696. The van der Waals surface area contributed by atoms with E-state index in [-0.39, 0.29) is 29.8 Å². The maximum Gasteiger partial charge on any atom is 0.308 e. The predicted molar refractivity (Wildman–Crippen MR) is 121 cm³/mol. The number of carbonyl (C=O) groups is 2. The molecule has 8 atom stereocenters. The van der Waals surface area contributed by atoms with Crippen molar-refractivity contribution in [2.24, 2.45) is 35.5 Å². The summed E-state index contributed by atoms with van der Waals surface area (Å²) in [5.41, 5.74) is 1.35. The van der Waals surface area contributed by atoms with Gasteiger partial charge in [-0.05, 0) is 61.3 Å². The van der Waals surface area contributed by atoms with Gasteiger partial charge in [-0.15, -0.1) is 0 Å². The second-order valence-corrected chi connectivity index (χ2v) is 10.4. The van der Waals surface area contributed by atoms with Crippen molar-refractivity contribution in [3.05, 3.63) is 23.8 Å². The van der Waals surface area contributed by atoms with Gasteiger partial charge in [-0.1, -0.05) is 52.8 Å². The smallest absolute Gasteiger partial charge is 0.308 e. The molecule has 30 heavy (non-hydrogen) atoms. The summed E-state index contributed by atoms with van der Waals surface area (Å²) in [6, 6.07) is 0.329. The van der Waals surface area contributed by atoms with Crippen LogP contribution in [0.3, 0.4) is 0 Å². The first-order valence-electron chi connectivity index (χ1n) is 12.1. The molecule has 0 aromatic rings. The van der Waals surface area contributed by atoms with E-state index in [4.69, 9.17) is 4.74 Å². The minimum Gasteiger partial charge on any atom is -0.461 e. The molecule has 4 nitrogen and oxygen atoms in total. The van der Waals surface area contributed by atoms with Gasteiger partial charge in [-0.2, -0.15) is 0 Å². The average Bonchev–Trinajstić information content (AvgIpc) is 2.69. The Balaban J connectivity index is 1.76. The molecule has 1 fully saturated rings. The molecule has 1 amide bonds. The van der Waals surface area contributed by atoms with Crippen LogP contribution in [0.4, 0.5) is 0 Å². The monoisotopic (exact) mass is 415 g/mol. The van der Waals surface area contributed by atoms with E-state index >= 15 is 0 Å². The van der Waals surface area contributed by atoms with Crippen molar-refractivity contribution in [2.75, 3.05) is 7.05 Å². The molecule has 0 aromatic carbocycles. The van der Waals surface area contributed by atoms with E-state index in [9.17, 15) is 9.59 Å². The molecule has 0 radical (unpaired) electrons. The molecule has 0 N–H and O–H groups in total. The van der Waals surface area contributed by atoms with E-state index in [0.717, 1.165) is 32.1 Å². The molecule has 0 spiro atoms. The Morgan fingerprint density at radius 2 is 1.97 bits per heavy atom. The number of esters is 1. The maximum atomic E-state index is 12.6. The fourth-order valence-electron chi connectivity index (χ4n) is 5.70. The number of likely N-dealkylation sites (tertiary alicyclic amines) is 1. The highest BCUT2D eigenvalue weighted by Crippen LogP contribution is 2.45. The van der Waals surface area contributed by atoms with E-state index in [1.54, 1.807) is 0 Å². The Labute approximate surface area is 183 Å². The van der Waals surface area contributed by atoms with Crippen LogP contribution >= 0.6 is 0 Å². The lowest BCUT2D eigenvalue weighted by molar-refractivity contribution is -0.158. The molecule has 0 unspecified atom stereocenters. The summed E-state index contributed by atoms with van der Waals surface area (Å²) in [7, 11) is 1.97. The normalized spacial score (nSPS) is 37.4. The highest BCUT2D eigenvalue weighted by Gasteiger charge is 2.42. The fraction of sp³-hybridized carbons (Fsp3) is 0.769. The van der Waals surface area contributed by atoms with Gasteiger partial charge in [0.2, 0.25) is 5.91 Å². The van der Waals surface area contributed by atoms with Gasteiger partial charge in [0, 0.05) is 25.4 Å². The third kappa shape index (κ3) is 5.00. The van der Waals surface area contributed by atoms with Crippen molar-refractivity contribution >= 4 is 11.9 Å². The second-order valence-electron chi connectivity index (χ2n) is 10.4. The van der Waals surface area contributed by atoms with Crippen LogP contribution in [0.5, 0.6) is 0 Å². The van der Waals surface area contributed by atoms with Gasteiger partial charge in [0.05, 0.1) is 5.92 Å². The van der Waals surface area contributed by atoms with Crippen LogP contribution < -0.4 is 0 Å². The van der Waals surface area contributed by atoms with Crippen molar-refractivity contribution in [3.8, 4) is 0 Å². The van der Waals surface area contributed by atoms with Crippen molar-refractivity contribution in [3.63, 3.8) is 0 Å². The van der Waals surface area contributed by atoms with Crippen LogP contribution in [0, 0.1) is 35.5 Å². The molecule has 2 aliphatic carbocycles. The van der Waals surface area contributed by atoms with E-state index in [0.29, 0.717) is 36.1 Å². The maximum absolute atomic E-state index is 12.6. The van der Waals surface area contributed by atoms with Crippen LogP contribution in [0.25, 0.3) is 0 Å². The first-order valence-corrected chi connectivity index (χ1v) is 12.1. The van der Waals surface area contributed by atoms with E-state index in [1.165, 1.54) is 5.57 Å². The lowest BCUT2D eigenvalue weighted by Crippen LogP contribution is -2.45. The second kappa shape index (κ2) is 9.70. The molecule has 0 aromatic heterocycles. The Kier molecular flexibility index (Phi) is 7.47. The molecule has 1 saturated heterocycles. The van der Waals surface area contributed by atoms with Gasteiger partial charge in [-0.25, -0.2) is 0 Å². The van der Waals surface area contributed by atoms with Crippen molar-refractivity contribution in [1.29, 1.82) is 0 Å². The highest BCUT2D eigenvalue weighted by molar-refractivity contribution is 5.77. The number of hydrogen-bond donors (Lipinski definition) is 0. The largest absolute Gasteiger partial charge is 0.461 e. The van der Waals surface area contributed by atoms with Crippen molar-refractivity contribution < 1.29 is 14.3 Å². The number of hydrogen-bond acceptors (Lipinski definition) is 3. The van der Waals surface area contributed by atoms with Crippen LogP contribution in [0.2, 0.25) is 0 Å². The zero-order valence-corrected chi connectivity index (χ0v) is 19.8. The Hall–Kier alpha value is -1.58. The third-order valence-electron chi connectivity index (χ3n) is 7.85. The summed E-state index contributed by atoms with van der Waals surface area (Å²) in [6.45, 7) is 10.7. The number of nitrogens with zero attached hydrogens (tertiary/aromatic N) is 1. The Morgan fingerprint density at radius 3 is 2.67 bits per heavy atom. The standard InChI is InChI=1S/C26H41NO3/c1-7-18(4)26(29)30-23-14-16(2)12-20-9-8-19(5)22(25(20)23)11-10-21-13-17(3)15-24(28)27(21)6/h8-9,12,16-19,21-23,25H,7,10-11,13-15H2,1-6H3/t16-,17+,18-,19-,21-,22-,23-,25-/m0/s1. The van der Waals surface area contributed by atoms with Gasteiger partial charge in [-0.3, -0.25) is 9.59 Å². The molecule has 0 saturated carbocycles. The third-order valence-corrected chi connectivity index (χ3v) is 7.85. The number of rotatable bonds is 6. The highest BCUT2D eigenvalue weighted by atomic mass is 16.5. The molecule has 1 aliphatic heterocycles. The molecule has 3 aliphatic rings. The van der Waals surface area contributed by atoms with E-state index in [2.05, 4.69) is 39.0 Å². The van der Waals surface area contributed by atoms with Gasteiger partial charge in [0.15, 0.2) is 0 Å². The molecular weight excluding hydrogens is 374 g/mol. The topological polar surface area (TPSA) is 46.6 Å². The average molecular weight is 416 g/mol. The SMILES string of the molecule is CC[C@H](C)C(=O)O[C@H]1C[C@@H](C)C=C2C=C[C@H](C)[C@H](CC[C@H]3C[C@@H](C)CC(=O)N3C)[C@H]21. The molecule has 0 bridgehead atoms. The minimum atomic E-state index is -0.0525. The summed E-state index contributed by atoms with van der Waals surface area (Å²) >= 11 is 0. The number of fused-ring (bicyclic) bond motifs is 1. The summed E-state index contributed by atoms with van der Waals surface area (Å²) in [5.74, 6) is 2.25. The van der Waals surface area contributed by atoms with Gasteiger partial charge in [0.1, 0.15) is 6.10 Å². The Morgan fingerprint density at radius 1 is 1.23 bits per heavy atom. The van der Waals surface area contributed by atoms with Gasteiger partial charge in [0.25, 0.3) is 0 Å². The lowest BCUT2D eigenvalue weighted by Gasteiger charge is -2.44. The number of carbonyl (C=O) groups excluding carboxylic acids is 2. The number of piperidine rings is 1. The first kappa shape index (κ1) is 23.1. The number of allylic oxidation sites excluding steroid dienone is 3. The van der Waals surface area contributed by atoms with E-state index in [1.807, 2.05) is 25.8 Å². The quantitative estimate of drug-likeness (QED) is 0.547. The molecule has 168 valence electrons. The zero-order valence-electron chi connectivity index (χ0n) is 19.8. The summed E-state index contributed by atoms with van der Waals surface area (Å²) in [5, 5.41) is 0. The van der Waals surface area contributed by atoms with Gasteiger partial charge < -0.3 is 9.64 Å². The van der Waals surface area contributed by atoms with Crippen LogP contribution in [-0.4, -0.2) is 36.0 Å². The van der Waals surface area contributed by atoms with Crippen LogP contribution in [0.1, 0.15) is 73.1 Å². The predicted octanol–water partition coefficient (Wildman–Crippen LogP) is 5.39. The van der Waals surface area contributed by atoms with Crippen molar-refractivity contribution in [1.82, 2.24) is 4.90 Å². The molecule has 4 heteroatoms. The summed E-state index contributed by atoms with van der Waals surface area (Å²) in [4.78, 5) is 26.9. The fourth-order valence-corrected chi connectivity index (χ4v) is 5.70.